The number of benzene rings is 2. The zero-order valence-corrected chi connectivity index (χ0v) is 16.0. The number of anilines is 1. The minimum absolute atomic E-state index is 0.583. The lowest BCUT2D eigenvalue weighted by Crippen LogP contribution is -1.98. The second-order valence-electron chi connectivity index (χ2n) is 5.52. The number of aromatic nitrogens is 4. The van der Waals surface area contributed by atoms with E-state index in [0.717, 1.165) is 42.7 Å². The van der Waals surface area contributed by atoms with Gasteiger partial charge in [0.25, 0.3) is 0 Å². The average Bonchev–Trinajstić information content (AvgIpc) is 3.32. The standard InChI is InChI=1S/C18H14ClN5S2/c19-14-8-6-12(7-9-14)10-15-21-24-18(26-15)20-11-16-22-23-17(25-16)13-4-2-1-3-5-13/h1-9H,10-11H2,(H,20,24). The Kier molecular flexibility index (Phi) is 5.19. The molecule has 8 heteroatoms. The highest BCUT2D eigenvalue weighted by Crippen LogP contribution is 2.24. The van der Waals surface area contributed by atoms with Gasteiger partial charge in [0.2, 0.25) is 5.13 Å². The first-order chi connectivity index (χ1) is 12.8. The molecular weight excluding hydrogens is 386 g/mol. The van der Waals surface area contributed by atoms with Crippen LogP contribution in [-0.2, 0) is 13.0 Å². The molecule has 0 bridgehead atoms. The summed E-state index contributed by atoms with van der Waals surface area (Å²) in [4.78, 5) is 0. The molecule has 0 saturated carbocycles. The first kappa shape index (κ1) is 17.1. The van der Waals surface area contributed by atoms with Crippen LogP contribution in [0.3, 0.4) is 0 Å². The maximum Gasteiger partial charge on any atom is 0.206 e. The van der Waals surface area contributed by atoms with E-state index < -0.39 is 0 Å². The van der Waals surface area contributed by atoms with E-state index in [2.05, 4.69) is 25.7 Å². The maximum absolute atomic E-state index is 5.91. The number of hydrogen-bond acceptors (Lipinski definition) is 7. The molecule has 2 aromatic carbocycles. The molecular formula is C18H14ClN5S2. The van der Waals surface area contributed by atoms with Gasteiger partial charge in [0, 0.05) is 17.0 Å². The zero-order valence-electron chi connectivity index (χ0n) is 13.6. The lowest BCUT2D eigenvalue weighted by Gasteiger charge is -1.97. The van der Waals surface area contributed by atoms with E-state index in [0.29, 0.717) is 6.54 Å². The van der Waals surface area contributed by atoms with Gasteiger partial charge in [0.15, 0.2) is 0 Å². The Balaban J connectivity index is 1.36. The van der Waals surface area contributed by atoms with Gasteiger partial charge in [-0.15, -0.1) is 20.4 Å². The molecule has 0 spiro atoms. The smallest absolute Gasteiger partial charge is 0.206 e. The van der Waals surface area contributed by atoms with E-state index in [1.165, 1.54) is 0 Å². The van der Waals surface area contributed by atoms with Crippen LogP contribution in [0.2, 0.25) is 5.02 Å². The Labute approximate surface area is 163 Å². The molecule has 0 atom stereocenters. The quantitative estimate of drug-likeness (QED) is 0.499. The van der Waals surface area contributed by atoms with Crippen molar-refractivity contribution in [3.63, 3.8) is 0 Å². The van der Waals surface area contributed by atoms with Crippen LogP contribution in [-0.4, -0.2) is 20.4 Å². The number of nitrogens with zero attached hydrogens (tertiary/aromatic N) is 4. The first-order valence-corrected chi connectivity index (χ1v) is 9.96. The SMILES string of the molecule is Clc1ccc(Cc2nnc(NCc3nnc(-c4ccccc4)s3)s2)cc1. The van der Waals surface area contributed by atoms with Crippen LogP contribution in [0.4, 0.5) is 5.13 Å². The van der Waals surface area contributed by atoms with Crippen LogP contribution in [0.15, 0.2) is 54.6 Å². The molecule has 0 aliphatic rings. The van der Waals surface area contributed by atoms with Crippen molar-refractivity contribution in [1.82, 2.24) is 20.4 Å². The summed E-state index contributed by atoms with van der Waals surface area (Å²) in [7, 11) is 0. The van der Waals surface area contributed by atoms with Crippen LogP contribution in [0.25, 0.3) is 10.6 Å². The summed E-state index contributed by atoms with van der Waals surface area (Å²) < 4.78 is 0. The summed E-state index contributed by atoms with van der Waals surface area (Å²) >= 11 is 9.03. The van der Waals surface area contributed by atoms with E-state index in [4.69, 9.17) is 11.6 Å². The molecule has 4 rings (SSSR count). The van der Waals surface area contributed by atoms with Gasteiger partial charge in [0.1, 0.15) is 15.0 Å². The van der Waals surface area contributed by atoms with E-state index >= 15 is 0 Å². The van der Waals surface area contributed by atoms with Gasteiger partial charge < -0.3 is 5.32 Å². The second-order valence-corrected chi connectivity index (χ2v) is 8.09. The first-order valence-electron chi connectivity index (χ1n) is 7.95. The Hall–Kier alpha value is -2.35. The molecule has 0 aliphatic heterocycles. The highest BCUT2D eigenvalue weighted by molar-refractivity contribution is 7.15. The van der Waals surface area contributed by atoms with Crippen molar-refractivity contribution in [3.05, 3.63) is 75.2 Å². The molecule has 26 heavy (non-hydrogen) atoms. The molecule has 0 amide bonds. The highest BCUT2D eigenvalue weighted by atomic mass is 35.5. The van der Waals surface area contributed by atoms with Crippen molar-refractivity contribution in [3.8, 4) is 10.6 Å². The Morgan fingerprint density at radius 3 is 2.38 bits per heavy atom. The molecule has 0 fully saturated rings. The van der Waals surface area contributed by atoms with Crippen molar-refractivity contribution in [2.24, 2.45) is 0 Å². The second kappa shape index (κ2) is 7.90. The van der Waals surface area contributed by atoms with Crippen LogP contribution in [0.1, 0.15) is 15.6 Å². The summed E-state index contributed by atoms with van der Waals surface area (Å²) in [5, 5.41) is 24.5. The fourth-order valence-electron chi connectivity index (χ4n) is 2.35. The highest BCUT2D eigenvalue weighted by Gasteiger charge is 2.09. The minimum atomic E-state index is 0.583. The molecule has 5 nitrogen and oxygen atoms in total. The van der Waals surface area contributed by atoms with Gasteiger partial charge >= 0.3 is 0 Å². The fraction of sp³-hybridized carbons (Fsp3) is 0.111. The van der Waals surface area contributed by atoms with Crippen molar-refractivity contribution in [2.75, 3.05) is 5.32 Å². The van der Waals surface area contributed by atoms with E-state index in [1.54, 1.807) is 22.7 Å². The molecule has 2 heterocycles. The third-order valence-corrected chi connectivity index (χ3v) is 5.72. The van der Waals surface area contributed by atoms with Crippen LogP contribution in [0.5, 0.6) is 0 Å². The van der Waals surface area contributed by atoms with Crippen LogP contribution >= 0.6 is 34.3 Å². The van der Waals surface area contributed by atoms with E-state index in [9.17, 15) is 0 Å². The topological polar surface area (TPSA) is 63.6 Å². The molecule has 0 saturated heterocycles. The average molecular weight is 400 g/mol. The van der Waals surface area contributed by atoms with Crippen molar-refractivity contribution in [1.29, 1.82) is 0 Å². The third-order valence-electron chi connectivity index (χ3n) is 3.61. The van der Waals surface area contributed by atoms with Gasteiger partial charge in [-0.1, -0.05) is 76.7 Å². The van der Waals surface area contributed by atoms with Gasteiger partial charge in [-0.05, 0) is 17.7 Å². The number of rotatable bonds is 6. The molecule has 0 aliphatic carbocycles. The largest absolute Gasteiger partial charge is 0.353 e. The maximum atomic E-state index is 5.91. The Morgan fingerprint density at radius 2 is 1.58 bits per heavy atom. The van der Waals surface area contributed by atoms with Crippen LogP contribution < -0.4 is 5.32 Å². The van der Waals surface area contributed by atoms with Crippen LogP contribution in [0, 0.1) is 0 Å². The lowest BCUT2D eigenvalue weighted by molar-refractivity contribution is 0.967. The summed E-state index contributed by atoms with van der Waals surface area (Å²) in [5.74, 6) is 0. The monoisotopic (exact) mass is 399 g/mol. The Bertz CT molecular complexity index is 982. The predicted octanol–water partition coefficient (Wildman–Crippen LogP) is 4.91. The fourth-order valence-corrected chi connectivity index (χ4v) is 4.03. The minimum Gasteiger partial charge on any atom is -0.353 e. The Morgan fingerprint density at radius 1 is 0.808 bits per heavy atom. The summed E-state index contributed by atoms with van der Waals surface area (Å²) in [6, 6.07) is 17.8. The molecule has 0 unspecified atom stereocenters. The number of hydrogen-bond donors (Lipinski definition) is 1. The normalized spacial score (nSPS) is 10.8. The molecule has 4 aromatic rings. The summed E-state index contributed by atoms with van der Waals surface area (Å²) in [5.41, 5.74) is 2.24. The summed E-state index contributed by atoms with van der Waals surface area (Å²) in [6.45, 7) is 0.583. The lowest BCUT2D eigenvalue weighted by atomic mass is 10.2. The number of halogens is 1. The van der Waals surface area contributed by atoms with Crippen molar-refractivity contribution in [2.45, 2.75) is 13.0 Å². The van der Waals surface area contributed by atoms with Crippen molar-refractivity contribution >= 4 is 39.4 Å². The van der Waals surface area contributed by atoms with Gasteiger partial charge in [0.05, 0.1) is 6.54 Å². The van der Waals surface area contributed by atoms with E-state index in [-0.39, 0.29) is 0 Å². The third kappa shape index (κ3) is 4.24. The van der Waals surface area contributed by atoms with Crippen molar-refractivity contribution < 1.29 is 0 Å². The van der Waals surface area contributed by atoms with Gasteiger partial charge in [-0.2, -0.15) is 0 Å². The molecule has 0 radical (unpaired) electrons. The molecule has 130 valence electrons. The summed E-state index contributed by atoms with van der Waals surface area (Å²) in [6.07, 6.45) is 0.744. The molecule has 1 N–H and O–H groups in total. The van der Waals surface area contributed by atoms with Gasteiger partial charge in [-0.3, -0.25) is 0 Å². The van der Waals surface area contributed by atoms with E-state index in [1.807, 2.05) is 54.6 Å². The predicted molar refractivity (Wildman–Crippen MR) is 107 cm³/mol. The number of nitrogens with one attached hydrogen (secondary N) is 1. The molecule has 2 aromatic heterocycles. The van der Waals surface area contributed by atoms with Gasteiger partial charge in [-0.25, -0.2) is 0 Å². The zero-order chi connectivity index (χ0) is 17.8.